The Bertz CT molecular complexity index is 414. The molecule has 2 unspecified atom stereocenters. The Balaban J connectivity index is 2.36. The molecule has 0 radical (unpaired) electrons. The van der Waals surface area contributed by atoms with Crippen molar-refractivity contribution in [1.29, 1.82) is 0 Å². The van der Waals surface area contributed by atoms with Gasteiger partial charge in [-0.3, -0.25) is 4.79 Å². The van der Waals surface area contributed by atoms with Crippen molar-refractivity contribution >= 4 is 5.97 Å². The molecule has 2 N–H and O–H groups in total. The van der Waals surface area contributed by atoms with Crippen LogP contribution in [0.3, 0.4) is 0 Å². The first-order valence-electron chi connectivity index (χ1n) is 5.61. The SMILES string of the molecule is Cc1cccc(C2CNCC2C(=O)O)c1C. The quantitative estimate of drug-likeness (QED) is 0.795. The molecular weight excluding hydrogens is 202 g/mol. The molecule has 1 saturated heterocycles. The summed E-state index contributed by atoms with van der Waals surface area (Å²) < 4.78 is 0. The van der Waals surface area contributed by atoms with E-state index in [1.807, 2.05) is 6.07 Å². The number of hydrogen-bond acceptors (Lipinski definition) is 2. The van der Waals surface area contributed by atoms with Crippen molar-refractivity contribution in [2.45, 2.75) is 19.8 Å². The maximum atomic E-state index is 11.1. The van der Waals surface area contributed by atoms with Crippen LogP contribution in [0.5, 0.6) is 0 Å². The van der Waals surface area contributed by atoms with Crippen LogP contribution in [0.2, 0.25) is 0 Å². The highest BCUT2D eigenvalue weighted by atomic mass is 16.4. The van der Waals surface area contributed by atoms with Crippen molar-refractivity contribution in [3.63, 3.8) is 0 Å². The number of carboxylic acids is 1. The smallest absolute Gasteiger partial charge is 0.308 e. The Morgan fingerprint density at radius 1 is 1.38 bits per heavy atom. The number of aliphatic carboxylic acids is 1. The fourth-order valence-electron chi connectivity index (χ4n) is 2.44. The molecule has 0 bridgehead atoms. The molecule has 2 atom stereocenters. The molecule has 0 spiro atoms. The number of rotatable bonds is 2. The molecule has 1 heterocycles. The maximum Gasteiger partial charge on any atom is 0.308 e. The number of hydrogen-bond donors (Lipinski definition) is 2. The van der Waals surface area contributed by atoms with Crippen LogP contribution in [0.25, 0.3) is 0 Å². The predicted molar refractivity (Wildman–Crippen MR) is 62.7 cm³/mol. The maximum absolute atomic E-state index is 11.1. The number of aryl methyl sites for hydroxylation is 1. The molecule has 1 aromatic rings. The minimum Gasteiger partial charge on any atom is -0.481 e. The Kier molecular flexibility index (Phi) is 2.97. The van der Waals surface area contributed by atoms with E-state index in [2.05, 4.69) is 31.3 Å². The molecule has 16 heavy (non-hydrogen) atoms. The highest BCUT2D eigenvalue weighted by molar-refractivity contribution is 5.72. The summed E-state index contributed by atoms with van der Waals surface area (Å²) in [5.41, 5.74) is 3.63. The molecular formula is C13H17NO2. The first kappa shape index (κ1) is 11.1. The lowest BCUT2D eigenvalue weighted by Gasteiger charge is -2.18. The Hall–Kier alpha value is -1.35. The average Bonchev–Trinajstić information content (AvgIpc) is 2.70. The lowest BCUT2D eigenvalue weighted by Crippen LogP contribution is -2.21. The number of benzene rings is 1. The van der Waals surface area contributed by atoms with Gasteiger partial charge in [-0.05, 0) is 30.5 Å². The van der Waals surface area contributed by atoms with Gasteiger partial charge in [0.05, 0.1) is 5.92 Å². The lowest BCUT2D eigenvalue weighted by molar-refractivity contribution is -0.141. The highest BCUT2D eigenvalue weighted by Crippen LogP contribution is 2.31. The molecule has 2 rings (SSSR count). The van der Waals surface area contributed by atoms with Crippen LogP contribution in [0, 0.1) is 19.8 Å². The standard InChI is InChI=1S/C13H17NO2/c1-8-4-3-5-10(9(8)2)11-6-14-7-12(11)13(15)16/h3-5,11-12,14H,6-7H2,1-2H3,(H,15,16). The van der Waals surface area contributed by atoms with E-state index in [0.717, 1.165) is 6.54 Å². The Morgan fingerprint density at radius 3 is 2.81 bits per heavy atom. The fourth-order valence-corrected chi connectivity index (χ4v) is 2.44. The fraction of sp³-hybridized carbons (Fsp3) is 0.462. The van der Waals surface area contributed by atoms with E-state index in [1.54, 1.807) is 0 Å². The molecule has 1 fully saturated rings. The van der Waals surface area contributed by atoms with Crippen LogP contribution in [-0.2, 0) is 4.79 Å². The molecule has 0 amide bonds. The molecule has 3 nitrogen and oxygen atoms in total. The minimum absolute atomic E-state index is 0.109. The number of nitrogens with one attached hydrogen (secondary N) is 1. The van der Waals surface area contributed by atoms with Crippen LogP contribution >= 0.6 is 0 Å². The van der Waals surface area contributed by atoms with Gasteiger partial charge >= 0.3 is 5.97 Å². The van der Waals surface area contributed by atoms with Crippen molar-refractivity contribution in [2.24, 2.45) is 5.92 Å². The van der Waals surface area contributed by atoms with E-state index < -0.39 is 5.97 Å². The van der Waals surface area contributed by atoms with Gasteiger partial charge in [-0.2, -0.15) is 0 Å². The van der Waals surface area contributed by atoms with E-state index in [-0.39, 0.29) is 11.8 Å². The van der Waals surface area contributed by atoms with E-state index in [9.17, 15) is 4.79 Å². The normalized spacial score (nSPS) is 24.6. The van der Waals surface area contributed by atoms with Crippen LogP contribution in [0.15, 0.2) is 18.2 Å². The van der Waals surface area contributed by atoms with E-state index in [0.29, 0.717) is 6.54 Å². The van der Waals surface area contributed by atoms with E-state index >= 15 is 0 Å². The van der Waals surface area contributed by atoms with E-state index in [4.69, 9.17) is 5.11 Å². The molecule has 1 aliphatic heterocycles. The molecule has 0 aliphatic carbocycles. The second-order valence-electron chi connectivity index (χ2n) is 4.50. The summed E-state index contributed by atoms with van der Waals surface area (Å²) >= 11 is 0. The topological polar surface area (TPSA) is 49.3 Å². The van der Waals surface area contributed by atoms with Gasteiger partial charge in [-0.1, -0.05) is 18.2 Å². The molecule has 0 saturated carbocycles. The Labute approximate surface area is 95.5 Å². The molecule has 86 valence electrons. The average molecular weight is 219 g/mol. The van der Waals surface area contributed by atoms with Gasteiger partial charge in [0, 0.05) is 19.0 Å². The molecule has 3 heteroatoms. The highest BCUT2D eigenvalue weighted by Gasteiger charge is 2.34. The number of carboxylic acid groups (broad SMARTS) is 1. The minimum atomic E-state index is -0.698. The van der Waals surface area contributed by atoms with Gasteiger partial charge in [-0.15, -0.1) is 0 Å². The molecule has 1 aliphatic rings. The van der Waals surface area contributed by atoms with Gasteiger partial charge < -0.3 is 10.4 Å². The van der Waals surface area contributed by atoms with Crippen molar-refractivity contribution in [2.75, 3.05) is 13.1 Å². The zero-order chi connectivity index (χ0) is 11.7. The summed E-state index contributed by atoms with van der Waals surface area (Å²) in [6.07, 6.45) is 0. The second kappa shape index (κ2) is 4.26. The van der Waals surface area contributed by atoms with Crippen molar-refractivity contribution in [3.05, 3.63) is 34.9 Å². The van der Waals surface area contributed by atoms with Crippen LogP contribution in [0.4, 0.5) is 0 Å². The lowest BCUT2D eigenvalue weighted by atomic mass is 9.85. The van der Waals surface area contributed by atoms with Gasteiger partial charge in [0.15, 0.2) is 0 Å². The zero-order valence-corrected chi connectivity index (χ0v) is 9.66. The zero-order valence-electron chi connectivity index (χ0n) is 9.66. The van der Waals surface area contributed by atoms with Crippen LogP contribution in [-0.4, -0.2) is 24.2 Å². The third-order valence-electron chi connectivity index (χ3n) is 3.58. The predicted octanol–water partition coefficient (Wildman–Crippen LogP) is 1.69. The third kappa shape index (κ3) is 1.83. The van der Waals surface area contributed by atoms with Crippen molar-refractivity contribution < 1.29 is 9.90 Å². The first-order valence-corrected chi connectivity index (χ1v) is 5.61. The van der Waals surface area contributed by atoms with Gasteiger partial charge in [0.25, 0.3) is 0 Å². The monoisotopic (exact) mass is 219 g/mol. The van der Waals surface area contributed by atoms with Crippen molar-refractivity contribution in [1.82, 2.24) is 5.32 Å². The summed E-state index contributed by atoms with van der Waals surface area (Å²) in [5.74, 6) is -0.881. The largest absolute Gasteiger partial charge is 0.481 e. The van der Waals surface area contributed by atoms with Crippen LogP contribution < -0.4 is 5.32 Å². The van der Waals surface area contributed by atoms with Gasteiger partial charge in [0.1, 0.15) is 0 Å². The van der Waals surface area contributed by atoms with Crippen molar-refractivity contribution in [3.8, 4) is 0 Å². The summed E-state index contributed by atoms with van der Waals surface area (Å²) in [4.78, 5) is 11.1. The summed E-state index contributed by atoms with van der Waals surface area (Å²) in [6, 6.07) is 6.13. The van der Waals surface area contributed by atoms with Gasteiger partial charge in [-0.25, -0.2) is 0 Å². The van der Waals surface area contributed by atoms with E-state index in [1.165, 1.54) is 16.7 Å². The third-order valence-corrected chi connectivity index (χ3v) is 3.58. The summed E-state index contributed by atoms with van der Waals surface area (Å²) in [7, 11) is 0. The van der Waals surface area contributed by atoms with Crippen LogP contribution in [0.1, 0.15) is 22.6 Å². The molecule has 0 aromatic heterocycles. The second-order valence-corrected chi connectivity index (χ2v) is 4.50. The summed E-state index contributed by atoms with van der Waals surface area (Å²) in [5, 5.41) is 12.3. The van der Waals surface area contributed by atoms with Gasteiger partial charge in [0.2, 0.25) is 0 Å². The molecule has 1 aromatic carbocycles. The Morgan fingerprint density at radius 2 is 2.12 bits per heavy atom. The summed E-state index contributed by atoms with van der Waals surface area (Å²) in [6.45, 7) is 5.48. The first-order chi connectivity index (χ1) is 7.61. The number of carbonyl (C=O) groups is 1.